The van der Waals surface area contributed by atoms with Crippen molar-refractivity contribution in [2.75, 3.05) is 24.0 Å². The topological polar surface area (TPSA) is 101 Å². The lowest BCUT2D eigenvalue weighted by Gasteiger charge is -2.18. The number of benzene rings is 1. The average molecular weight is 393 g/mol. The summed E-state index contributed by atoms with van der Waals surface area (Å²) in [7, 11) is 1.72. The van der Waals surface area contributed by atoms with Crippen LogP contribution >= 0.6 is 0 Å². The maximum atomic E-state index is 12.4. The third-order valence-corrected chi connectivity index (χ3v) is 5.14. The summed E-state index contributed by atoms with van der Waals surface area (Å²) in [6, 6.07) is 6.61. The zero-order chi connectivity index (χ0) is 20.4. The van der Waals surface area contributed by atoms with E-state index in [-0.39, 0.29) is 11.6 Å². The van der Waals surface area contributed by atoms with E-state index in [9.17, 15) is 10.0 Å². The summed E-state index contributed by atoms with van der Waals surface area (Å²) in [5.41, 5.74) is 6.18. The Morgan fingerprint density at radius 3 is 2.72 bits per heavy atom. The van der Waals surface area contributed by atoms with E-state index >= 15 is 0 Å². The number of aromatic nitrogens is 3. The molecule has 0 amide bonds. The third kappa shape index (κ3) is 3.85. The standard InChI is InChI=1S/C21H23N5O3/c1-13(21-22-11-15(12-23-21)14-5-7-29-8-6-14)24-18-10-20(27)26(2)19-4-3-16(25-28)9-17(18)19/h3-5,9-13,24-25,28H,6-8H2,1-2H3. The molecule has 3 aromatic rings. The zero-order valence-corrected chi connectivity index (χ0v) is 16.3. The first-order chi connectivity index (χ1) is 14.1. The Bertz CT molecular complexity index is 1120. The quantitative estimate of drug-likeness (QED) is 0.573. The van der Waals surface area contributed by atoms with E-state index in [1.54, 1.807) is 35.9 Å². The van der Waals surface area contributed by atoms with Crippen molar-refractivity contribution in [3.8, 4) is 0 Å². The highest BCUT2D eigenvalue weighted by Crippen LogP contribution is 2.27. The first-order valence-electron chi connectivity index (χ1n) is 9.46. The SMILES string of the molecule is CC(Nc1cc(=O)n(C)c2ccc(NO)cc12)c1ncc(C2=CCOCC2)cn1. The van der Waals surface area contributed by atoms with Gasteiger partial charge in [0, 0.05) is 42.1 Å². The minimum atomic E-state index is -0.214. The molecular weight excluding hydrogens is 370 g/mol. The third-order valence-electron chi connectivity index (χ3n) is 5.14. The van der Waals surface area contributed by atoms with Gasteiger partial charge in [-0.25, -0.2) is 9.97 Å². The fourth-order valence-electron chi connectivity index (χ4n) is 3.46. The van der Waals surface area contributed by atoms with Crippen molar-refractivity contribution in [3.63, 3.8) is 0 Å². The number of fused-ring (bicyclic) bond motifs is 1. The van der Waals surface area contributed by atoms with Gasteiger partial charge in [0.1, 0.15) is 5.82 Å². The van der Waals surface area contributed by atoms with E-state index in [1.807, 2.05) is 19.3 Å². The molecule has 150 valence electrons. The number of nitrogens with one attached hydrogen (secondary N) is 2. The summed E-state index contributed by atoms with van der Waals surface area (Å²) in [6.07, 6.45) is 6.57. The molecule has 3 N–H and O–H groups in total. The molecule has 0 fully saturated rings. The highest BCUT2D eigenvalue weighted by atomic mass is 16.5. The van der Waals surface area contributed by atoms with Crippen LogP contribution in [0.5, 0.6) is 0 Å². The Hall–Kier alpha value is -3.23. The number of ether oxygens (including phenoxy) is 1. The van der Waals surface area contributed by atoms with Crippen LogP contribution < -0.4 is 16.4 Å². The normalized spacial score (nSPS) is 15.1. The molecule has 2 aromatic heterocycles. The number of rotatable bonds is 5. The van der Waals surface area contributed by atoms with Crippen LogP contribution in [0.4, 0.5) is 11.4 Å². The van der Waals surface area contributed by atoms with Crippen molar-refractivity contribution in [1.29, 1.82) is 0 Å². The van der Waals surface area contributed by atoms with Gasteiger partial charge in [0.25, 0.3) is 5.56 Å². The number of hydrogen-bond acceptors (Lipinski definition) is 7. The molecular formula is C21H23N5O3. The van der Waals surface area contributed by atoms with E-state index in [0.29, 0.717) is 30.4 Å². The molecule has 4 rings (SSSR count). The van der Waals surface area contributed by atoms with Crippen LogP contribution in [-0.4, -0.2) is 33.0 Å². The van der Waals surface area contributed by atoms with Crippen molar-refractivity contribution in [3.05, 3.63) is 64.5 Å². The van der Waals surface area contributed by atoms with Gasteiger partial charge in [-0.1, -0.05) is 6.08 Å². The monoisotopic (exact) mass is 393 g/mol. The maximum Gasteiger partial charge on any atom is 0.252 e. The molecule has 29 heavy (non-hydrogen) atoms. The van der Waals surface area contributed by atoms with E-state index in [2.05, 4.69) is 26.8 Å². The molecule has 8 nitrogen and oxygen atoms in total. The Kier molecular flexibility index (Phi) is 5.28. The van der Waals surface area contributed by atoms with Gasteiger partial charge in [0.15, 0.2) is 0 Å². The largest absolute Gasteiger partial charge is 0.377 e. The number of nitrogens with zero attached hydrogens (tertiary/aromatic N) is 3. The second-order valence-electron chi connectivity index (χ2n) is 7.05. The van der Waals surface area contributed by atoms with Crippen LogP contribution in [0.3, 0.4) is 0 Å². The van der Waals surface area contributed by atoms with Crippen LogP contribution in [0.2, 0.25) is 0 Å². The first-order valence-corrected chi connectivity index (χ1v) is 9.46. The van der Waals surface area contributed by atoms with E-state index in [0.717, 1.165) is 22.9 Å². The molecule has 1 atom stereocenters. The highest BCUT2D eigenvalue weighted by molar-refractivity contribution is 5.93. The number of aryl methyl sites for hydroxylation is 1. The lowest BCUT2D eigenvalue weighted by Crippen LogP contribution is -2.19. The molecule has 1 aliphatic rings. The molecule has 8 heteroatoms. The molecule has 3 heterocycles. The Morgan fingerprint density at radius 2 is 2.03 bits per heavy atom. The van der Waals surface area contributed by atoms with Crippen molar-refractivity contribution in [2.24, 2.45) is 7.05 Å². The van der Waals surface area contributed by atoms with Crippen molar-refractivity contribution in [2.45, 2.75) is 19.4 Å². The van der Waals surface area contributed by atoms with Crippen LogP contribution in [-0.2, 0) is 11.8 Å². The maximum absolute atomic E-state index is 12.4. The van der Waals surface area contributed by atoms with Gasteiger partial charge < -0.3 is 14.6 Å². The van der Waals surface area contributed by atoms with Gasteiger partial charge in [0.2, 0.25) is 0 Å². The van der Waals surface area contributed by atoms with Crippen molar-refractivity contribution < 1.29 is 9.94 Å². The summed E-state index contributed by atoms with van der Waals surface area (Å²) < 4.78 is 6.91. The van der Waals surface area contributed by atoms with Gasteiger partial charge in [0.05, 0.1) is 30.5 Å². The zero-order valence-electron chi connectivity index (χ0n) is 16.3. The second-order valence-corrected chi connectivity index (χ2v) is 7.05. The smallest absolute Gasteiger partial charge is 0.252 e. The Labute approximate surface area is 167 Å². The summed E-state index contributed by atoms with van der Waals surface area (Å²) >= 11 is 0. The van der Waals surface area contributed by atoms with Gasteiger partial charge in [-0.2, -0.15) is 0 Å². The summed E-state index contributed by atoms with van der Waals surface area (Å²) in [5.74, 6) is 0.631. The lowest BCUT2D eigenvalue weighted by atomic mass is 10.1. The fourth-order valence-corrected chi connectivity index (χ4v) is 3.46. The molecule has 0 bridgehead atoms. The Balaban J connectivity index is 1.63. The van der Waals surface area contributed by atoms with Crippen LogP contribution in [0, 0.1) is 0 Å². The summed E-state index contributed by atoms with van der Waals surface area (Å²) in [5, 5.41) is 13.4. The van der Waals surface area contributed by atoms with Gasteiger partial charge >= 0.3 is 0 Å². The molecule has 1 aliphatic heterocycles. The molecule has 1 aromatic carbocycles. The first kappa shape index (κ1) is 19.1. The number of anilines is 2. The Morgan fingerprint density at radius 1 is 1.24 bits per heavy atom. The molecule has 0 aliphatic carbocycles. The van der Waals surface area contributed by atoms with Crippen LogP contribution in [0.25, 0.3) is 16.5 Å². The highest BCUT2D eigenvalue weighted by Gasteiger charge is 2.14. The van der Waals surface area contributed by atoms with Crippen LogP contribution in [0.15, 0.2) is 47.5 Å². The number of hydrogen-bond donors (Lipinski definition) is 3. The van der Waals surface area contributed by atoms with Crippen LogP contribution in [0.1, 0.15) is 30.8 Å². The summed E-state index contributed by atoms with van der Waals surface area (Å²) in [4.78, 5) is 21.4. The minimum absolute atomic E-state index is 0.125. The predicted octanol–water partition coefficient (Wildman–Crippen LogP) is 3.11. The van der Waals surface area contributed by atoms with E-state index in [1.165, 1.54) is 5.57 Å². The van der Waals surface area contributed by atoms with Gasteiger partial charge in [-0.15, -0.1) is 0 Å². The van der Waals surface area contributed by atoms with Crippen molar-refractivity contribution >= 4 is 27.9 Å². The fraction of sp³-hybridized carbons (Fsp3) is 0.286. The van der Waals surface area contributed by atoms with E-state index < -0.39 is 0 Å². The second kappa shape index (κ2) is 8.02. The molecule has 0 saturated carbocycles. The lowest BCUT2D eigenvalue weighted by molar-refractivity contribution is 0.161. The minimum Gasteiger partial charge on any atom is -0.377 e. The molecule has 0 spiro atoms. The molecule has 0 radical (unpaired) electrons. The van der Waals surface area contributed by atoms with Gasteiger partial charge in [-0.05, 0) is 37.1 Å². The molecule has 1 unspecified atom stereocenters. The average Bonchev–Trinajstić information content (AvgIpc) is 2.77. The molecule has 0 saturated heterocycles. The van der Waals surface area contributed by atoms with E-state index in [4.69, 9.17) is 4.74 Å². The van der Waals surface area contributed by atoms with Crippen molar-refractivity contribution in [1.82, 2.24) is 14.5 Å². The number of pyridine rings is 1. The predicted molar refractivity (Wildman–Crippen MR) is 112 cm³/mol. The van der Waals surface area contributed by atoms with Gasteiger partial charge in [-0.3, -0.25) is 15.5 Å². The summed E-state index contributed by atoms with van der Waals surface area (Å²) in [6.45, 7) is 3.28.